The van der Waals surface area contributed by atoms with Gasteiger partial charge in [0.05, 0.1) is 0 Å². The van der Waals surface area contributed by atoms with Crippen LogP contribution in [-0.4, -0.2) is 60.0 Å². The minimum atomic E-state index is -1.13. The minimum Gasteiger partial charge on any atom is -0.462 e. The molecular formula is C28H34N2O2. The van der Waals surface area contributed by atoms with Crippen molar-refractivity contribution in [3.8, 4) is 0 Å². The summed E-state index contributed by atoms with van der Waals surface area (Å²) in [6, 6.07) is 21.2. The fourth-order valence-corrected chi connectivity index (χ4v) is 5.65. The number of benzene rings is 2. The molecule has 2 aromatic carbocycles. The molecular weight excluding hydrogens is 396 g/mol. The quantitative estimate of drug-likeness (QED) is 0.775. The first kappa shape index (κ1) is 21.4. The fraction of sp³-hybridized carbons (Fsp3) is 0.429. The predicted octanol–water partition coefficient (Wildman–Crippen LogP) is 4.50. The molecule has 3 aliphatic heterocycles. The molecule has 3 aliphatic rings. The van der Waals surface area contributed by atoms with Crippen LogP contribution in [0.3, 0.4) is 0 Å². The second kappa shape index (κ2) is 8.86. The number of hydrogen-bond acceptors (Lipinski definition) is 4. The van der Waals surface area contributed by atoms with Crippen LogP contribution in [0.1, 0.15) is 37.3 Å². The van der Waals surface area contributed by atoms with Gasteiger partial charge in [0, 0.05) is 50.0 Å². The van der Waals surface area contributed by atoms with E-state index in [0.29, 0.717) is 6.42 Å². The molecule has 32 heavy (non-hydrogen) atoms. The van der Waals surface area contributed by atoms with Crippen LogP contribution >= 0.6 is 0 Å². The van der Waals surface area contributed by atoms with E-state index in [2.05, 4.69) is 84.3 Å². The molecule has 0 bridgehead atoms. The van der Waals surface area contributed by atoms with E-state index in [1.165, 1.54) is 22.3 Å². The van der Waals surface area contributed by atoms with Crippen LogP contribution < -0.4 is 0 Å². The Labute approximate surface area is 191 Å². The Morgan fingerprint density at radius 3 is 2.34 bits per heavy atom. The summed E-state index contributed by atoms with van der Waals surface area (Å²) in [5.41, 5.74) is 4.94. The van der Waals surface area contributed by atoms with E-state index >= 15 is 0 Å². The molecule has 3 atom stereocenters. The number of ether oxygens (including phenoxy) is 1. The third-order valence-electron chi connectivity index (χ3n) is 7.44. The summed E-state index contributed by atoms with van der Waals surface area (Å²) in [4.78, 5) is 4.93. The summed E-state index contributed by atoms with van der Waals surface area (Å²) in [5, 5.41) is 11.9. The van der Waals surface area contributed by atoms with Crippen LogP contribution in [0.5, 0.6) is 0 Å². The number of nitrogens with zero attached hydrogens (tertiary/aromatic N) is 2. The van der Waals surface area contributed by atoms with Gasteiger partial charge in [-0.3, -0.25) is 4.90 Å². The average Bonchev–Trinajstić information content (AvgIpc) is 2.83. The van der Waals surface area contributed by atoms with Gasteiger partial charge in [0.25, 0.3) is 0 Å². The zero-order valence-electron chi connectivity index (χ0n) is 19.2. The van der Waals surface area contributed by atoms with Crippen molar-refractivity contribution in [3.05, 3.63) is 88.7 Å². The lowest BCUT2D eigenvalue weighted by atomic mass is 9.70. The molecule has 0 aromatic heterocycles. The van der Waals surface area contributed by atoms with Crippen LogP contribution in [0.15, 0.2) is 77.6 Å². The van der Waals surface area contributed by atoms with Gasteiger partial charge in [0.15, 0.2) is 0 Å². The standard InChI is InChI=1S/C28H34N2O2/c1-3-29-16-15-28(31)25(20-29)26(22-13-9-6-10-14-22)24-19-30(4-2)18-23(27(24)32-28)17-21-11-7-5-8-12-21/h5-14,17,25-26,31H,3-4,15-16,18-20H2,1-2H3/b23-17+/t25-,26-,28-/m0/s1. The van der Waals surface area contributed by atoms with Gasteiger partial charge in [-0.05, 0) is 35.9 Å². The van der Waals surface area contributed by atoms with E-state index in [1.807, 2.05) is 6.07 Å². The third-order valence-corrected chi connectivity index (χ3v) is 7.44. The highest BCUT2D eigenvalue weighted by Gasteiger charge is 2.53. The Balaban J connectivity index is 1.66. The van der Waals surface area contributed by atoms with Gasteiger partial charge in [0.2, 0.25) is 5.79 Å². The number of likely N-dealkylation sites (N-methyl/N-ethyl adjacent to an activating group) is 1. The molecule has 5 rings (SSSR count). The second-order valence-electron chi connectivity index (χ2n) is 9.32. The Hall–Kier alpha value is -2.40. The van der Waals surface area contributed by atoms with E-state index in [9.17, 15) is 5.11 Å². The molecule has 0 saturated carbocycles. The maximum atomic E-state index is 11.9. The van der Waals surface area contributed by atoms with E-state index in [-0.39, 0.29) is 11.8 Å². The Morgan fingerprint density at radius 2 is 1.66 bits per heavy atom. The number of likely N-dealkylation sites (tertiary alicyclic amines) is 1. The molecule has 1 saturated heterocycles. The highest BCUT2D eigenvalue weighted by Crippen LogP contribution is 2.51. The lowest BCUT2D eigenvalue weighted by Crippen LogP contribution is -2.58. The van der Waals surface area contributed by atoms with Gasteiger partial charge in [-0.1, -0.05) is 74.5 Å². The summed E-state index contributed by atoms with van der Waals surface area (Å²) in [6.45, 7) is 9.86. The first-order valence-electron chi connectivity index (χ1n) is 12.0. The second-order valence-corrected chi connectivity index (χ2v) is 9.32. The van der Waals surface area contributed by atoms with Crippen LogP contribution in [0.2, 0.25) is 0 Å². The van der Waals surface area contributed by atoms with Crippen LogP contribution in [0.4, 0.5) is 0 Å². The van der Waals surface area contributed by atoms with E-state index in [0.717, 1.165) is 45.0 Å². The number of aliphatic hydroxyl groups is 1. The van der Waals surface area contributed by atoms with Crippen molar-refractivity contribution in [2.24, 2.45) is 5.92 Å². The molecule has 0 unspecified atom stereocenters. The molecule has 0 spiro atoms. The topological polar surface area (TPSA) is 35.9 Å². The summed E-state index contributed by atoms with van der Waals surface area (Å²) in [7, 11) is 0. The van der Waals surface area contributed by atoms with Crippen molar-refractivity contribution in [3.63, 3.8) is 0 Å². The summed E-state index contributed by atoms with van der Waals surface area (Å²) in [6.07, 6.45) is 2.88. The minimum absolute atomic E-state index is 0.0205. The van der Waals surface area contributed by atoms with Crippen molar-refractivity contribution in [1.82, 2.24) is 9.80 Å². The predicted molar refractivity (Wildman–Crippen MR) is 129 cm³/mol. The molecule has 3 heterocycles. The van der Waals surface area contributed by atoms with E-state index in [4.69, 9.17) is 4.74 Å². The maximum Gasteiger partial charge on any atom is 0.214 e. The molecule has 0 radical (unpaired) electrons. The molecule has 168 valence electrons. The van der Waals surface area contributed by atoms with Crippen LogP contribution in [0, 0.1) is 5.92 Å². The zero-order valence-corrected chi connectivity index (χ0v) is 19.2. The van der Waals surface area contributed by atoms with Crippen LogP contribution in [0.25, 0.3) is 6.08 Å². The Bertz CT molecular complexity index is 1000. The summed E-state index contributed by atoms with van der Waals surface area (Å²) < 4.78 is 6.62. The molecule has 0 amide bonds. The molecule has 0 aliphatic carbocycles. The first-order valence-corrected chi connectivity index (χ1v) is 12.0. The van der Waals surface area contributed by atoms with Gasteiger partial charge < -0.3 is 14.7 Å². The lowest BCUT2D eigenvalue weighted by molar-refractivity contribution is -0.249. The monoisotopic (exact) mass is 430 g/mol. The number of fused-ring (bicyclic) bond motifs is 1. The van der Waals surface area contributed by atoms with Crippen LogP contribution in [-0.2, 0) is 4.74 Å². The van der Waals surface area contributed by atoms with E-state index in [1.54, 1.807) is 0 Å². The molecule has 1 fully saturated rings. The smallest absolute Gasteiger partial charge is 0.214 e. The summed E-state index contributed by atoms with van der Waals surface area (Å²) >= 11 is 0. The summed E-state index contributed by atoms with van der Waals surface area (Å²) in [5.74, 6) is -0.0362. The fourth-order valence-electron chi connectivity index (χ4n) is 5.65. The first-order chi connectivity index (χ1) is 15.6. The van der Waals surface area contributed by atoms with Gasteiger partial charge in [-0.25, -0.2) is 0 Å². The zero-order chi connectivity index (χ0) is 22.1. The normalized spacial score (nSPS) is 30.0. The van der Waals surface area contributed by atoms with Crippen molar-refractivity contribution in [1.29, 1.82) is 0 Å². The van der Waals surface area contributed by atoms with Crippen molar-refractivity contribution in [2.45, 2.75) is 32.0 Å². The van der Waals surface area contributed by atoms with E-state index < -0.39 is 5.79 Å². The van der Waals surface area contributed by atoms with Gasteiger partial charge in [-0.2, -0.15) is 0 Å². The molecule has 1 N–H and O–H groups in total. The van der Waals surface area contributed by atoms with Crippen molar-refractivity contribution < 1.29 is 9.84 Å². The third kappa shape index (κ3) is 3.92. The van der Waals surface area contributed by atoms with Gasteiger partial charge in [0.1, 0.15) is 5.76 Å². The SMILES string of the molecule is CCN1CC2=C(O[C@@]3(O)CCN(CC)C[C@H]3[C@H]2c2ccccc2)/C(=C/c2ccccc2)C1. The molecule has 4 nitrogen and oxygen atoms in total. The number of hydrogen-bond donors (Lipinski definition) is 1. The number of piperidine rings is 1. The number of rotatable bonds is 4. The Morgan fingerprint density at radius 1 is 0.969 bits per heavy atom. The average molecular weight is 431 g/mol. The van der Waals surface area contributed by atoms with Gasteiger partial charge in [-0.15, -0.1) is 0 Å². The Kier molecular flexibility index (Phi) is 5.93. The van der Waals surface area contributed by atoms with Gasteiger partial charge >= 0.3 is 0 Å². The maximum absolute atomic E-state index is 11.9. The largest absolute Gasteiger partial charge is 0.462 e. The highest BCUT2D eigenvalue weighted by atomic mass is 16.6. The molecule has 4 heteroatoms. The molecule has 2 aromatic rings. The lowest BCUT2D eigenvalue weighted by Gasteiger charge is -2.53. The van der Waals surface area contributed by atoms with Crippen molar-refractivity contribution >= 4 is 6.08 Å². The highest BCUT2D eigenvalue weighted by molar-refractivity contribution is 5.61. The van der Waals surface area contributed by atoms with Crippen molar-refractivity contribution in [2.75, 3.05) is 39.3 Å².